The number of likely N-dealkylation sites (tertiary alicyclic amines) is 2. The van der Waals surface area contributed by atoms with E-state index in [-0.39, 0.29) is 24.0 Å². The standard InChI is InChI=1S/C17H32N4.HI/c1-3-9-20-10-5-15(13-20)12-19-16(18-2)21-11-8-17(14-21)6-4-7-17;/h15H,3-14H2,1-2H3,(H,18,19);1H. The first-order valence-corrected chi connectivity index (χ1v) is 8.93. The van der Waals surface area contributed by atoms with Crippen LogP contribution in [0.2, 0.25) is 0 Å². The Morgan fingerprint density at radius 1 is 1.27 bits per heavy atom. The molecule has 3 aliphatic rings. The minimum Gasteiger partial charge on any atom is -0.356 e. The van der Waals surface area contributed by atoms with Crippen molar-refractivity contribution in [2.24, 2.45) is 16.3 Å². The van der Waals surface area contributed by atoms with Gasteiger partial charge in [-0.25, -0.2) is 0 Å². The van der Waals surface area contributed by atoms with Crippen LogP contribution in [-0.4, -0.2) is 62.1 Å². The zero-order chi connectivity index (χ0) is 14.7. The number of hydrogen-bond donors (Lipinski definition) is 1. The average Bonchev–Trinajstić information content (AvgIpc) is 3.07. The van der Waals surface area contributed by atoms with Crippen molar-refractivity contribution in [3.05, 3.63) is 0 Å². The molecule has 5 heteroatoms. The number of nitrogens with one attached hydrogen (secondary N) is 1. The first-order valence-electron chi connectivity index (χ1n) is 8.93. The second kappa shape index (κ2) is 8.18. The van der Waals surface area contributed by atoms with E-state index in [4.69, 9.17) is 0 Å². The van der Waals surface area contributed by atoms with Gasteiger partial charge in [-0.3, -0.25) is 4.99 Å². The van der Waals surface area contributed by atoms with Crippen molar-refractivity contribution in [1.82, 2.24) is 15.1 Å². The molecule has 4 nitrogen and oxygen atoms in total. The molecule has 22 heavy (non-hydrogen) atoms. The number of halogens is 1. The van der Waals surface area contributed by atoms with Crippen LogP contribution < -0.4 is 5.32 Å². The van der Waals surface area contributed by atoms with E-state index < -0.39 is 0 Å². The van der Waals surface area contributed by atoms with E-state index in [2.05, 4.69) is 27.0 Å². The molecule has 3 fully saturated rings. The number of hydrogen-bond acceptors (Lipinski definition) is 2. The van der Waals surface area contributed by atoms with Crippen LogP contribution in [0.15, 0.2) is 4.99 Å². The molecule has 2 saturated heterocycles. The molecule has 1 N–H and O–H groups in total. The number of aliphatic imine (C=N–C) groups is 1. The van der Waals surface area contributed by atoms with Crippen LogP contribution in [0.3, 0.4) is 0 Å². The molecule has 0 aromatic heterocycles. The van der Waals surface area contributed by atoms with Crippen molar-refractivity contribution < 1.29 is 0 Å². The maximum Gasteiger partial charge on any atom is 0.193 e. The zero-order valence-electron chi connectivity index (χ0n) is 14.3. The third-order valence-corrected chi connectivity index (χ3v) is 5.82. The third kappa shape index (κ3) is 4.08. The van der Waals surface area contributed by atoms with Gasteiger partial charge < -0.3 is 15.1 Å². The van der Waals surface area contributed by atoms with E-state index >= 15 is 0 Å². The molecular weight excluding hydrogens is 387 g/mol. The van der Waals surface area contributed by atoms with E-state index in [9.17, 15) is 0 Å². The van der Waals surface area contributed by atoms with Gasteiger partial charge in [-0.2, -0.15) is 0 Å². The lowest BCUT2D eigenvalue weighted by molar-refractivity contribution is 0.151. The van der Waals surface area contributed by atoms with Crippen molar-refractivity contribution in [3.8, 4) is 0 Å². The Balaban J connectivity index is 0.00000176. The Bertz CT molecular complexity index is 381. The highest BCUT2D eigenvalue weighted by Gasteiger charge is 2.43. The SMILES string of the molecule is CCCN1CCC(CNC(=NC)N2CCC3(CCC3)C2)C1.I. The molecule has 0 aromatic carbocycles. The maximum atomic E-state index is 4.53. The first kappa shape index (κ1) is 18.3. The molecule has 2 aliphatic heterocycles. The largest absolute Gasteiger partial charge is 0.356 e. The number of guanidine groups is 1. The third-order valence-electron chi connectivity index (χ3n) is 5.82. The maximum absolute atomic E-state index is 4.53. The summed E-state index contributed by atoms with van der Waals surface area (Å²) in [6.07, 6.45) is 8.31. The molecule has 1 saturated carbocycles. The summed E-state index contributed by atoms with van der Waals surface area (Å²) in [6.45, 7) is 9.62. The van der Waals surface area contributed by atoms with Crippen LogP contribution in [0, 0.1) is 11.3 Å². The van der Waals surface area contributed by atoms with Crippen molar-refractivity contribution in [1.29, 1.82) is 0 Å². The molecule has 0 radical (unpaired) electrons. The van der Waals surface area contributed by atoms with Gasteiger partial charge in [0.05, 0.1) is 0 Å². The Hall–Kier alpha value is -0.0400. The monoisotopic (exact) mass is 420 g/mol. The van der Waals surface area contributed by atoms with E-state index in [0.717, 1.165) is 18.4 Å². The molecular formula is C17H33IN4. The molecule has 0 aromatic rings. The first-order chi connectivity index (χ1) is 10.2. The van der Waals surface area contributed by atoms with Gasteiger partial charge in [-0.05, 0) is 56.5 Å². The molecule has 128 valence electrons. The van der Waals surface area contributed by atoms with Gasteiger partial charge in [-0.15, -0.1) is 24.0 Å². The van der Waals surface area contributed by atoms with Crippen molar-refractivity contribution in [2.75, 3.05) is 46.3 Å². The van der Waals surface area contributed by atoms with Crippen LogP contribution in [0.25, 0.3) is 0 Å². The minimum atomic E-state index is 0. The van der Waals surface area contributed by atoms with Gasteiger partial charge in [0.15, 0.2) is 5.96 Å². The lowest BCUT2D eigenvalue weighted by Crippen LogP contribution is -2.44. The summed E-state index contributed by atoms with van der Waals surface area (Å²) in [5.41, 5.74) is 0.656. The Kier molecular flexibility index (Phi) is 6.80. The smallest absolute Gasteiger partial charge is 0.193 e. The highest BCUT2D eigenvalue weighted by molar-refractivity contribution is 14.0. The molecule has 1 unspecified atom stereocenters. The lowest BCUT2D eigenvalue weighted by Gasteiger charge is -2.38. The van der Waals surface area contributed by atoms with Crippen LogP contribution in [0.4, 0.5) is 0 Å². The zero-order valence-corrected chi connectivity index (χ0v) is 16.6. The number of nitrogens with zero attached hydrogens (tertiary/aromatic N) is 3. The minimum absolute atomic E-state index is 0. The number of rotatable bonds is 4. The molecule has 1 spiro atoms. The van der Waals surface area contributed by atoms with Crippen LogP contribution in [0.5, 0.6) is 0 Å². The Morgan fingerprint density at radius 2 is 2.09 bits per heavy atom. The fourth-order valence-corrected chi connectivity index (χ4v) is 4.37. The highest BCUT2D eigenvalue weighted by Crippen LogP contribution is 2.47. The van der Waals surface area contributed by atoms with Crippen LogP contribution in [-0.2, 0) is 0 Å². The van der Waals surface area contributed by atoms with Gasteiger partial charge in [-0.1, -0.05) is 13.3 Å². The van der Waals surface area contributed by atoms with Crippen LogP contribution in [0.1, 0.15) is 45.4 Å². The van der Waals surface area contributed by atoms with E-state index in [1.54, 1.807) is 0 Å². The van der Waals surface area contributed by atoms with Crippen molar-refractivity contribution in [2.45, 2.75) is 45.4 Å². The molecule has 2 heterocycles. The van der Waals surface area contributed by atoms with Crippen molar-refractivity contribution in [3.63, 3.8) is 0 Å². The Labute approximate surface area is 153 Å². The van der Waals surface area contributed by atoms with E-state index in [0.29, 0.717) is 5.41 Å². The fraction of sp³-hybridized carbons (Fsp3) is 0.941. The summed E-state index contributed by atoms with van der Waals surface area (Å²) in [5.74, 6) is 1.95. The molecule has 3 rings (SSSR count). The topological polar surface area (TPSA) is 30.9 Å². The predicted octanol–water partition coefficient (Wildman–Crippen LogP) is 2.79. The van der Waals surface area contributed by atoms with Gasteiger partial charge in [0.1, 0.15) is 0 Å². The highest BCUT2D eigenvalue weighted by atomic mass is 127. The van der Waals surface area contributed by atoms with Gasteiger partial charge >= 0.3 is 0 Å². The normalized spacial score (nSPS) is 27.8. The summed E-state index contributed by atoms with van der Waals surface area (Å²) in [6, 6.07) is 0. The second-order valence-corrected chi connectivity index (χ2v) is 7.41. The van der Waals surface area contributed by atoms with Crippen LogP contribution >= 0.6 is 24.0 Å². The summed E-state index contributed by atoms with van der Waals surface area (Å²) >= 11 is 0. The average molecular weight is 420 g/mol. The molecule has 1 atom stereocenters. The van der Waals surface area contributed by atoms with Gasteiger partial charge in [0, 0.05) is 33.2 Å². The van der Waals surface area contributed by atoms with E-state index in [1.807, 2.05) is 7.05 Å². The summed E-state index contributed by atoms with van der Waals surface area (Å²) in [4.78, 5) is 9.63. The summed E-state index contributed by atoms with van der Waals surface area (Å²) < 4.78 is 0. The summed E-state index contributed by atoms with van der Waals surface area (Å²) in [5, 5.41) is 3.65. The fourth-order valence-electron chi connectivity index (χ4n) is 4.37. The predicted molar refractivity (Wildman–Crippen MR) is 104 cm³/mol. The van der Waals surface area contributed by atoms with Gasteiger partial charge in [0.25, 0.3) is 0 Å². The second-order valence-electron chi connectivity index (χ2n) is 7.41. The quantitative estimate of drug-likeness (QED) is 0.431. The molecule has 1 aliphatic carbocycles. The Morgan fingerprint density at radius 3 is 2.68 bits per heavy atom. The summed E-state index contributed by atoms with van der Waals surface area (Å²) in [7, 11) is 1.94. The molecule has 0 bridgehead atoms. The van der Waals surface area contributed by atoms with E-state index in [1.165, 1.54) is 71.2 Å². The lowest BCUT2D eigenvalue weighted by atomic mass is 9.68. The van der Waals surface area contributed by atoms with Gasteiger partial charge in [0.2, 0.25) is 0 Å². The van der Waals surface area contributed by atoms with Crippen molar-refractivity contribution >= 4 is 29.9 Å². The molecule has 0 amide bonds.